The summed E-state index contributed by atoms with van der Waals surface area (Å²) < 4.78 is 5.15. The zero-order valence-corrected chi connectivity index (χ0v) is 13.6. The summed E-state index contributed by atoms with van der Waals surface area (Å²) in [7, 11) is 1.62. The van der Waals surface area contributed by atoms with Crippen molar-refractivity contribution in [2.75, 3.05) is 7.11 Å². The van der Waals surface area contributed by atoms with Gasteiger partial charge >= 0.3 is 0 Å². The molecule has 0 unspecified atom stereocenters. The fraction of sp³-hybridized carbons (Fsp3) is 0.190. The van der Waals surface area contributed by atoms with Crippen LogP contribution in [0.5, 0.6) is 5.75 Å². The lowest BCUT2D eigenvalue weighted by molar-refractivity contribution is 0.0931. The first-order valence-electron chi connectivity index (χ1n) is 8.17. The zero-order chi connectivity index (χ0) is 16.6. The molecule has 0 aliphatic heterocycles. The van der Waals surface area contributed by atoms with E-state index in [1.54, 1.807) is 19.2 Å². The average Bonchev–Trinajstić information content (AvgIpc) is 3.41. The van der Waals surface area contributed by atoms with Crippen molar-refractivity contribution in [3.63, 3.8) is 0 Å². The first-order valence-corrected chi connectivity index (χ1v) is 8.17. The van der Waals surface area contributed by atoms with E-state index < -0.39 is 0 Å². The van der Waals surface area contributed by atoms with Gasteiger partial charge in [0.15, 0.2) is 0 Å². The lowest BCUT2D eigenvalue weighted by Gasteiger charge is -2.20. The van der Waals surface area contributed by atoms with Crippen molar-refractivity contribution in [1.29, 1.82) is 0 Å². The molecule has 0 spiro atoms. The Morgan fingerprint density at radius 1 is 0.958 bits per heavy atom. The second-order valence-electron chi connectivity index (χ2n) is 6.29. The number of carbonyl (C=O) groups excluding carboxylic acids is 1. The lowest BCUT2D eigenvalue weighted by atomic mass is 9.96. The van der Waals surface area contributed by atoms with E-state index in [0.29, 0.717) is 5.56 Å². The molecule has 0 bridgehead atoms. The molecular weight excluding hydrogens is 298 g/mol. The minimum absolute atomic E-state index is 0.0388. The fourth-order valence-corrected chi connectivity index (χ4v) is 3.26. The molecule has 4 rings (SSSR count). The molecule has 0 radical (unpaired) electrons. The molecule has 1 amide bonds. The number of ether oxygens (including phenoxy) is 1. The molecular formula is C21H19NO2. The van der Waals surface area contributed by atoms with Crippen LogP contribution in [0.2, 0.25) is 0 Å². The predicted molar refractivity (Wildman–Crippen MR) is 95.3 cm³/mol. The van der Waals surface area contributed by atoms with Crippen LogP contribution in [-0.2, 0) is 5.54 Å². The Balaban J connectivity index is 1.64. The minimum atomic E-state index is -0.238. The first-order chi connectivity index (χ1) is 11.7. The summed E-state index contributed by atoms with van der Waals surface area (Å²) in [6, 6.07) is 21.9. The highest BCUT2D eigenvalue weighted by Gasteiger charge is 2.46. The Labute approximate surface area is 141 Å². The lowest BCUT2D eigenvalue weighted by Crippen LogP contribution is -2.35. The van der Waals surface area contributed by atoms with E-state index in [-0.39, 0.29) is 11.4 Å². The van der Waals surface area contributed by atoms with Crippen molar-refractivity contribution >= 4 is 16.7 Å². The Morgan fingerprint density at radius 2 is 1.67 bits per heavy atom. The number of fused-ring (bicyclic) bond motifs is 1. The van der Waals surface area contributed by atoms with Gasteiger partial charge in [0.25, 0.3) is 5.91 Å². The standard InChI is InChI=1S/C21H19NO2/c1-24-17-11-9-16(10-12-17)20(23)22-21(13-14-21)19-8-4-6-15-5-2-3-7-18(15)19/h2-12H,13-14H2,1H3,(H,22,23). The highest BCUT2D eigenvalue weighted by molar-refractivity contribution is 5.96. The molecule has 3 aromatic rings. The van der Waals surface area contributed by atoms with E-state index in [1.165, 1.54) is 16.3 Å². The monoisotopic (exact) mass is 317 g/mol. The maximum atomic E-state index is 12.7. The molecule has 0 heterocycles. The molecule has 1 aliphatic rings. The summed E-state index contributed by atoms with van der Waals surface area (Å²) in [5.41, 5.74) is 1.63. The van der Waals surface area contributed by atoms with Crippen LogP contribution in [0.1, 0.15) is 28.8 Å². The normalized spacial score (nSPS) is 15.0. The van der Waals surface area contributed by atoms with Gasteiger partial charge in [-0.05, 0) is 53.4 Å². The van der Waals surface area contributed by atoms with Gasteiger partial charge in [0.2, 0.25) is 0 Å². The third-order valence-corrected chi connectivity index (χ3v) is 4.76. The van der Waals surface area contributed by atoms with E-state index >= 15 is 0 Å². The third-order valence-electron chi connectivity index (χ3n) is 4.76. The van der Waals surface area contributed by atoms with Crippen molar-refractivity contribution in [2.24, 2.45) is 0 Å². The van der Waals surface area contributed by atoms with Crippen LogP contribution >= 0.6 is 0 Å². The second-order valence-corrected chi connectivity index (χ2v) is 6.29. The van der Waals surface area contributed by atoms with E-state index in [9.17, 15) is 4.79 Å². The van der Waals surface area contributed by atoms with E-state index in [4.69, 9.17) is 4.74 Å². The highest BCUT2D eigenvalue weighted by Crippen LogP contribution is 2.48. The molecule has 3 nitrogen and oxygen atoms in total. The van der Waals surface area contributed by atoms with Gasteiger partial charge in [-0.2, -0.15) is 0 Å². The van der Waals surface area contributed by atoms with Crippen LogP contribution in [-0.4, -0.2) is 13.0 Å². The maximum absolute atomic E-state index is 12.7. The SMILES string of the molecule is COc1ccc(C(=O)NC2(c3cccc4ccccc34)CC2)cc1. The number of methoxy groups -OCH3 is 1. The van der Waals surface area contributed by atoms with Gasteiger partial charge in [-0.15, -0.1) is 0 Å². The van der Waals surface area contributed by atoms with Gasteiger partial charge in [-0.1, -0.05) is 42.5 Å². The molecule has 120 valence electrons. The number of rotatable bonds is 4. The van der Waals surface area contributed by atoms with Gasteiger partial charge in [-0.3, -0.25) is 4.79 Å². The third kappa shape index (κ3) is 2.52. The minimum Gasteiger partial charge on any atom is -0.497 e. The largest absolute Gasteiger partial charge is 0.497 e. The van der Waals surface area contributed by atoms with Crippen LogP contribution in [0.3, 0.4) is 0 Å². The zero-order valence-electron chi connectivity index (χ0n) is 13.6. The second kappa shape index (κ2) is 5.68. The molecule has 0 saturated heterocycles. The Hall–Kier alpha value is -2.81. The Morgan fingerprint density at radius 3 is 2.38 bits per heavy atom. The molecule has 0 aromatic heterocycles. The number of hydrogen-bond acceptors (Lipinski definition) is 2. The van der Waals surface area contributed by atoms with Gasteiger partial charge in [0, 0.05) is 5.56 Å². The predicted octanol–water partition coefficient (Wildman–Crippen LogP) is 4.27. The van der Waals surface area contributed by atoms with E-state index in [2.05, 4.69) is 35.6 Å². The number of amides is 1. The van der Waals surface area contributed by atoms with Crippen LogP contribution < -0.4 is 10.1 Å². The molecule has 1 fully saturated rings. The summed E-state index contributed by atoms with van der Waals surface area (Å²) >= 11 is 0. The summed E-state index contributed by atoms with van der Waals surface area (Å²) in [5, 5.41) is 5.67. The van der Waals surface area contributed by atoms with Crippen molar-refractivity contribution in [1.82, 2.24) is 5.32 Å². The van der Waals surface area contributed by atoms with Crippen molar-refractivity contribution in [3.8, 4) is 5.75 Å². The molecule has 3 heteroatoms. The average molecular weight is 317 g/mol. The number of nitrogens with one attached hydrogen (secondary N) is 1. The van der Waals surface area contributed by atoms with Crippen molar-refractivity contribution in [2.45, 2.75) is 18.4 Å². The Kier molecular flexibility index (Phi) is 3.49. The molecule has 3 aromatic carbocycles. The van der Waals surface area contributed by atoms with Crippen molar-refractivity contribution in [3.05, 3.63) is 77.9 Å². The number of benzene rings is 3. The first kappa shape index (κ1) is 14.8. The summed E-state index contributed by atoms with van der Waals surface area (Å²) in [6.07, 6.45) is 1.95. The van der Waals surface area contributed by atoms with Gasteiger partial charge in [0.1, 0.15) is 5.75 Å². The molecule has 24 heavy (non-hydrogen) atoms. The summed E-state index contributed by atoms with van der Waals surface area (Å²) in [5.74, 6) is 0.713. The molecule has 1 N–H and O–H groups in total. The summed E-state index contributed by atoms with van der Waals surface area (Å²) in [4.78, 5) is 12.7. The highest BCUT2D eigenvalue weighted by atomic mass is 16.5. The smallest absolute Gasteiger partial charge is 0.251 e. The van der Waals surface area contributed by atoms with Gasteiger partial charge in [0.05, 0.1) is 12.6 Å². The quantitative estimate of drug-likeness (QED) is 0.780. The summed E-state index contributed by atoms with van der Waals surface area (Å²) in [6.45, 7) is 0. The van der Waals surface area contributed by atoms with Crippen LogP contribution in [0.4, 0.5) is 0 Å². The Bertz CT molecular complexity index is 890. The van der Waals surface area contributed by atoms with Crippen LogP contribution in [0, 0.1) is 0 Å². The topological polar surface area (TPSA) is 38.3 Å². The number of carbonyl (C=O) groups is 1. The van der Waals surface area contributed by atoms with Gasteiger partial charge in [-0.25, -0.2) is 0 Å². The van der Waals surface area contributed by atoms with Crippen molar-refractivity contribution < 1.29 is 9.53 Å². The molecule has 1 aliphatic carbocycles. The number of hydrogen-bond donors (Lipinski definition) is 1. The molecule has 0 atom stereocenters. The van der Waals surface area contributed by atoms with Crippen LogP contribution in [0.25, 0.3) is 10.8 Å². The maximum Gasteiger partial charge on any atom is 0.251 e. The van der Waals surface area contributed by atoms with E-state index in [0.717, 1.165) is 18.6 Å². The van der Waals surface area contributed by atoms with E-state index in [1.807, 2.05) is 24.3 Å². The fourth-order valence-electron chi connectivity index (χ4n) is 3.26. The van der Waals surface area contributed by atoms with Gasteiger partial charge < -0.3 is 10.1 Å². The van der Waals surface area contributed by atoms with Crippen LogP contribution in [0.15, 0.2) is 66.7 Å². The molecule has 1 saturated carbocycles.